The van der Waals surface area contributed by atoms with Crippen LogP contribution in [-0.4, -0.2) is 51.0 Å². The fourth-order valence-corrected chi connectivity index (χ4v) is 5.66. The molecule has 0 heterocycles. The van der Waals surface area contributed by atoms with E-state index in [2.05, 4.69) is 5.32 Å². The van der Waals surface area contributed by atoms with E-state index >= 15 is 0 Å². The maximum Gasteiger partial charge on any atom is 0.417 e. The third kappa shape index (κ3) is 8.28. The maximum absolute atomic E-state index is 13.9. The highest BCUT2D eigenvalue weighted by Crippen LogP contribution is 2.37. The van der Waals surface area contributed by atoms with Crippen LogP contribution in [0.2, 0.25) is 15.1 Å². The van der Waals surface area contributed by atoms with Crippen LogP contribution in [0.3, 0.4) is 0 Å². The van der Waals surface area contributed by atoms with Gasteiger partial charge in [-0.05, 0) is 35.9 Å². The summed E-state index contributed by atoms with van der Waals surface area (Å²) in [5.74, 6) is -1.46. The predicted molar refractivity (Wildman–Crippen MR) is 154 cm³/mol. The number of anilines is 1. The molecule has 3 aromatic rings. The van der Waals surface area contributed by atoms with E-state index in [-0.39, 0.29) is 23.0 Å². The monoisotopic (exact) mass is 649 g/mol. The molecule has 0 fully saturated rings. The highest BCUT2D eigenvalue weighted by molar-refractivity contribution is 7.92. The minimum atomic E-state index is -4.88. The standard InChI is InChI=1S/C27H25Cl3F3N3O4S/c1-34-26(38)24(13-17-7-4-3-5-8-17)35(15-19-21(28)9-6-10-22(19)29)25(37)16-36(41(2,39)40)18-11-12-23(30)20(14-18)27(31,32)33/h3-12,14,24H,13,15-16H2,1-2H3,(H,34,38)/t24-/m0/s1. The number of nitrogens with zero attached hydrogens (tertiary/aromatic N) is 2. The molecule has 0 radical (unpaired) electrons. The van der Waals surface area contributed by atoms with Crippen molar-refractivity contribution in [3.63, 3.8) is 0 Å². The van der Waals surface area contributed by atoms with E-state index in [1.807, 2.05) is 0 Å². The van der Waals surface area contributed by atoms with Gasteiger partial charge in [0.15, 0.2) is 0 Å². The number of alkyl halides is 3. The van der Waals surface area contributed by atoms with E-state index < -0.39 is 56.9 Å². The molecule has 0 aliphatic heterocycles. The predicted octanol–water partition coefficient (Wildman–Crippen LogP) is 5.82. The lowest BCUT2D eigenvalue weighted by atomic mass is 10.0. The molecule has 0 aliphatic rings. The Hall–Kier alpha value is -2.99. The van der Waals surface area contributed by atoms with Crippen LogP contribution >= 0.6 is 34.8 Å². The van der Waals surface area contributed by atoms with Crippen molar-refractivity contribution in [1.82, 2.24) is 10.2 Å². The number of sulfonamides is 1. The zero-order valence-corrected chi connectivity index (χ0v) is 24.8. The third-order valence-electron chi connectivity index (χ3n) is 6.13. The molecule has 2 amide bonds. The minimum absolute atomic E-state index is 0.0341. The molecule has 1 N–H and O–H groups in total. The third-order valence-corrected chi connectivity index (χ3v) is 8.31. The number of carbonyl (C=O) groups excluding carboxylic acids is 2. The van der Waals surface area contributed by atoms with E-state index in [4.69, 9.17) is 34.8 Å². The van der Waals surface area contributed by atoms with Gasteiger partial charge in [0.25, 0.3) is 0 Å². The summed E-state index contributed by atoms with van der Waals surface area (Å²) < 4.78 is 66.7. The lowest BCUT2D eigenvalue weighted by Gasteiger charge is -2.33. The Morgan fingerprint density at radius 2 is 1.54 bits per heavy atom. The summed E-state index contributed by atoms with van der Waals surface area (Å²) in [6, 6.07) is 14.8. The van der Waals surface area contributed by atoms with Crippen molar-refractivity contribution in [2.45, 2.75) is 25.2 Å². The molecule has 0 bridgehead atoms. The number of amides is 2. The van der Waals surface area contributed by atoms with Crippen LogP contribution in [-0.2, 0) is 38.8 Å². The lowest BCUT2D eigenvalue weighted by Crippen LogP contribution is -2.53. The normalized spacial score (nSPS) is 12.5. The van der Waals surface area contributed by atoms with Crippen LogP contribution in [0.1, 0.15) is 16.7 Å². The van der Waals surface area contributed by atoms with E-state index in [1.165, 1.54) is 19.2 Å². The second kappa shape index (κ2) is 13.3. The SMILES string of the molecule is CNC(=O)[C@H](Cc1ccccc1)N(Cc1c(Cl)cccc1Cl)C(=O)CN(c1ccc(Cl)c(C(F)(F)F)c1)S(C)(=O)=O. The summed E-state index contributed by atoms with van der Waals surface area (Å²) >= 11 is 18.4. The van der Waals surface area contributed by atoms with Crippen molar-refractivity contribution in [2.24, 2.45) is 0 Å². The molecule has 3 rings (SSSR count). The van der Waals surface area contributed by atoms with Gasteiger partial charge in [0.1, 0.15) is 12.6 Å². The van der Waals surface area contributed by atoms with Gasteiger partial charge in [-0.1, -0.05) is 71.2 Å². The molecule has 0 unspecified atom stereocenters. The van der Waals surface area contributed by atoms with Gasteiger partial charge in [-0.25, -0.2) is 8.42 Å². The van der Waals surface area contributed by atoms with Gasteiger partial charge >= 0.3 is 6.18 Å². The zero-order chi connectivity index (χ0) is 30.5. The van der Waals surface area contributed by atoms with Gasteiger partial charge in [0.05, 0.1) is 22.5 Å². The molecule has 7 nitrogen and oxygen atoms in total. The number of likely N-dealkylation sites (N-methyl/N-ethyl adjacent to an activating group) is 1. The number of carbonyl (C=O) groups is 2. The molecular formula is C27H25Cl3F3N3O4S. The molecule has 0 aliphatic carbocycles. The van der Waals surface area contributed by atoms with Crippen LogP contribution in [0.5, 0.6) is 0 Å². The topological polar surface area (TPSA) is 86.8 Å². The van der Waals surface area contributed by atoms with Crippen LogP contribution in [0.15, 0.2) is 66.7 Å². The van der Waals surface area contributed by atoms with Crippen molar-refractivity contribution < 1.29 is 31.2 Å². The van der Waals surface area contributed by atoms with Crippen LogP contribution < -0.4 is 9.62 Å². The van der Waals surface area contributed by atoms with Gasteiger partial charge in [-0.2, -0.15) is 13.2 Å². The van der Waals surface area contributed by atoms with Gasteiger partial charge in [0.2, 0.25) is 21.8 Å². The fraction of sp³-hybridized carbons (Fsp3) is 0.259. The summed E-state index contributed by atoms with van der Waals surface area (Å²) in [4.78, 5) is 28.1. The van der Waals surface area contributed by atoms with E-state index in [9.17, 15) is 31.2 Å². The number of benzene rings is 3. The number of halogens is 6. The Labute approximate surface area is 250 Å². The van der Waals surface area contributed by atoms with Crippen molar-refractivity contribution in [3.8, 4) is 0 Å². The Balaban J connectivity index is 2.11. The van der Waals surface area contributed by atoms with Crippen molar-refractivity contribution in [1.29, 1.82) is 0 Å². The minimum Gasteiger partial charge on any atom is -0.357 e. The average molecular weight is 651 g/mol. The number of nitrogens with one attached hydrogen (secondary N) is 1. The van der Waals surface area contributed by atoms with Gasteiger partial charge < -0.3 is 10.2 Å². The first-order valence-electron chi connectivity index (χ1n) is 12.0. The van der Waals surface area contributed by atoms with E-state index in [1.54, 1.807) is 36.4 Å². The highest BCUT2D eigenvalue weighted by atomic mass is 35.5. The summed E-state index contributed by atoms with van der Waals surface area (Å²) in [7, 11) is -2.92. The Morgan fingerprint density at radius 3 is 2.07 bits per heavy atom. The first-order valence-corrected chi connectivity index (χ1v) is 14.9. The molecule has 41 heavy (non-hydrogen) atoms. The lowest BCUT2D eigenvalue weighted by molar-refractivity contribution is -0.139. The quantitative estimate of drug-likeness (QED) is 0.300. The van der Waals surface area contributed by atoms with Gasteiger partial charge in [-0.15, -0.1) is 0 Å². The molecule has 0 spiro atoms. The molecule has 0 saturated heterocycles. The first kappa shape index (κ1) is 32.5. The Bertz CT molecular complexity index is 1500. The van der Waals surface area contributed by atoms with Crippen LogP contribution in [0.4, 0.5) is 18.9 Å². The fourth-order valence-electron chi connectivity index (χ4n) is 4.07. The second-order valence-corrected chi connectivity index (χ2v) is 12.1. The molecular weight excluding hydrogens is 626 g/mol. The highest BCUT2D eigenvalue weighted by Gasteiger charge is 2.36. The maximum atomic E-state index is 13.9. The molecule has 14 heteroatoms. The van der Waals surface area contributed by atoms with Crippen LogP contribution in [0.25, 0.3) is 0 Å². The Morgan fingerprint density at radius 1 is 0.927 bits per heavy atom. The zero-order valence-electron chi connectivity index (χ0n) is 21.8. The first-order chi connectivity index (χ1) is 19.1. The van der Waals surface area contributed by atoms with Crippen molar-refractivity contribution in [3.05, 3.63) is 98.5 Å². The van der Waals surface area contributed by atoms with E-state index in [0.717, 1.165) is 23.3 Å². The molecule has 0 saturated carbocycles. The summed E-state index contributed by atoms with van der Waals surface area (Å²) in [6.45, 7) is -1.23. The Kier molecular flexibility index (Phi) is 10.6. The van der Waals surface area contributed by atoms with Crippen LogP contribution in [0, 0.1) is 0 Å². The summed E-state index contributed by atoms with van der Waals surface area (Å²) in [5.41, 5.74) is -0.725. The van der Waals surface area contributed by atoms with Crippen molar-refractivity contribution in [2.75, 3.05) is 24.2 Å². The molecule has 1 atom stereocenters. The van der Waals surface area contributed by atoms with Gasteiger partial charge in [-0.3, -0.25) is 13.9 Å². The molecule has 3 aromatic carbocycles. The molecule has 220 valence electrons. The van der Waals surface area contributed by atoms with E-state index in [0.29, 0.717) is 21.5 Å². The number of hydrogen-bond donors (Lipinski definition) is 1. The number of hydrogen-bond acceptors (Lipinski definition) is 4. The molecule has 0 aromatic heterocycles. The number of rotatable bonds is 10. The smallest absolute Gasteiger partial charge is 0.357 e. The second-order valence-electron chi connectivity index (χ2n) is 8.97. The summed E-state index contributed by atoms with van der Waals surface area (Å²) in [5, 5.41) is 2.26. The van der Waals surface area contributed by atoms with Gasteiger partial charge in [0, 0.05) is 35.6 Å². The largest absolute Gasteiger partial charge is 0.417 e. The summed E-state index contributed by atoms with van der Waals surface area (Å²) in [6.07, 6.45) is -4.10. The van der Waals surface area contributed by atoms with Crippen molar-refractivity contribution >= 4 is 62.3 Å². The average Bonchev–Trinajstić information content (AvgIpc) is 2.90.